The van der Waals surface area contributed by atoms with E-state index in [0.29, 0.717) is 12.4 Å². The molecule has 33 heavy (non-hydrogen) atoms. The zero-order chi connectivity index (χ0) is 24.0. The number of benzene rings is 3. The summed E-state index contributed by atoms with van der Waals surface area (Å²) in [7, 11) is 0. The second-order valence-electron chi connectivity index (χ2n) is 9.23. The number of ether oxygens (including phenoxy) is 2. The first-order valence-corrected chi connectivity index (χ1v) is 11.1. The van der Waals surface area contributed by atoms with Gasteiger partial charge in [0.1, 0.15) is 23.9 Å². The van der Waals surface area contributed by atoms with Crippen LogP contribution in [0.25, 0.3) is 11.1 Å². The maximum atomic E-state index is 12.2. The molecule has 3 rings (SSSR count). The van der Waals surface area contributed by atoms with Gasteiger partial charge in [0.05, 0.1) is 6.42 Å². The van der Waals surface area contributed by atoms with Crippen LogP contribution >= 0.6 is 0 Å². The van der Waals surface area contributed by atoms with Crippen LogP contribution in [-0.2, 0) is 20.9 Å². The van der Waals surface area contributed by atoms with Crippen molar-refractivity contribution in [3.63, 3.8) is 0 Å². The molecule has 0 aliphatic heterocycles. The quantitative estimate of drug-likeness (QED) is 0.503. The van der Waals surface area contributed by atoms with Crippen LogP contribution < -0.4 is 10.5 Å². The van der Waals surface area contributed by atoms with Gasteiger partial charge in [0.25, 0.3) is 0 Å². The Kier molecular flexibility index (Phi) is 7.67. The summed E-state index contributed by atoms with van der Waals surface area (Å²) in [6.07, 6.45) is -0.0361. The van der Waals surface area contributed by atoms with E-state index in [1.807, 2.05) is 24.3 Å². The van der Waals surface area contributed by atoms with Gasteiger partial charge in [-0.1, -0.05) is 60.2 Å². The van der Waals surface area contributed by atoms with E-state index in [0.717, 1.165) is 16.7 Å². The first kappa shape index (κ1) is 24.2. The predicted molar refractivity (Wildman–Crippen MR) is 128 cm³/mol. The lowest BCUT2D eigenvalue weighted by molar-refractivity contribution is -0.308. The van der Waals surface area contributed by atoms with Crippen LogP contribution in [-0.4, -0.2) is 17.5 Å². The minimum atomic E-state index is -0.639. The van der Waals surface area contributed by atoms with E-state index in [4.69, 9.17) is 9.47 Å². The number of hydrogen-bond donors (Lipinski definition) is 1. The van der Waals surface area contributed by atoms with Crippen LogP contribution in [0.3, 0.4) is 0 Å². The minimum Gasteiger partial charge on any atom is -0.489 e. The zero-order valence-corrected chi connectivity index (χ0v) is 19.8. The molecule has 0 aliphatic carbocycles. The number of carbonyl (C=O) groups excluding carboxylic acids is 2. The highest BCUT2D eigenvalue weighted by Crippen LogP contribution is 2.25. The molecule has 172 valence electrons. The number of hydrogen-bond acceptors (Lipinski definition) is 4. The molecule has 0 spiro atoms. The van der Waals surface area contributed by atoms with Crippen molar-refractivity contribution in [2.24, 2.45) is 0 Å². The Balaban J connectivity index is 1.64. The summed E-state index contributed by atoms with van der Waals surface area (Å²) >= 11 is 0. The number of esters is 1. The van der Waals surface area contributed by atoms with Crippen molar-refractivity contribution in [1.29, 1.82) is 0 Å². The van der Waals surface area contributed by atoms with Gasteiger partial charge in [-0.3, -0.25) is 10.5 Å². The average molecular weight is 447 g/mol. The summed E-state index contributed by atoms with van der Waals surface area (Å²) in [4.78, 5) is 24.3. The number of amides is 1. The smallest absolute Gasteiger partial charge is 0.316 e. The number of quaternary nitrogens is 1. The average Bonchev–Trinajstić information content (AvgIpc) is 2.76. The van der Waals surface area contributed by atoms with Crippen LogP contribution in [0.2, 0.25) is 0 Å². The summed E-state index contributed by atoms with van der Waals surface area (Å²) in [6.45, 7) is 7.90. The molecule has 0 aliphatic rings. The summed E-state index contributed by atoms with van der Waals surface area (Å²) in [6, 6.07) is 23.9. The SMILES string of the molecule is Cc1ccc(-c2cccc(COc3ccc(C(CC(=O)OC(C)(C)C)C([NH3+])=O)cc3)c2)cc1. The Morgan fingerprint density at radius 3 is 2.18 bits per heavy atom. The Hall–Kier alpha value is -3.44. The summed E-state index contributed by atoms with van der Waals surface area (Å²) in [5.41, 5.74) is 8.25. The van der Waals surface area contributed by atoms with E-state index in [-0.39, 0.29) is 12.3 Å². The molecule has 0 bridgehead atoms. The first-order valence-electron chi connectivity index (χ1n) is 11.1. The van der Waals surface area contributed by atoms with Crippen LogP contribution in [0.5, 0.6) is 5.75 Å². The molecule has 5 nitrogen and oxygen atoms in total. The Bertz CT molecular complexity index is 1100. The fraction of sp³-hybridized carbons (Fsp3) is 0.286. The van der Waals surface area contributed by atoms with Crippen LogP contribution in [0.15, 0.2) is 72.8 Å². The normalized spacial score (nSPS) is 12.2. The number of carbonyl (C=O) groups is 2. The lowest BCUT2D eigenvalue weighted by atomic mass is 9.95. The third-order valence-corrected chi connectivity index (χ3v) is 5.18. The fourth-order valence-corrected chi connectivity index (χ4v) is 3.52. The molecule has 3 N–H and O–H groups in total. The zero-order valence-electron chi connectivity index (χ0n) is 19.8. The van der Waals surface area contributed by atoms with Gasteiger partial charge in [0.15, 0.2) is 0 Å². The van der Waals surface area contributed by atoms with Crippen LogP contribution in [0.4, 0.5) is 0 Å². The molecule has 0 saturated heterocycles. The lowest BCUT2D eigenvalue weighted by Gasteiger charge is -2.21. The lowest BCUT2D eigenvalue weighted by Crippen LogP contribution is -2.59. The Morgan fingerprint density at radius 2 is 1.58 bits per heavy atom. The second kappa shape index (κ2) is 10.5. The monoisotopic (exact) mass is 446 g/mol. The van der Waals surface area contributed by atoms with E-state index in [9.17, 15) is 9.59 Å². The highest BCUT2D eigenvalue weighted by molar-refractivity contribution is 5.82. The molecule has 5 heteroatoms. The van der Waals surface area contributed by atoms with Crippen molar-refractivity contribution in [2.75, 3.05) is 0 Å². The Labute approximate surface area is 195 Å². The molecule has 3 aromatic carbocycles. The molecule has 0 saturated carbocycles. The van der Waals surface area contributed by atoms with Gasteiger partial charge in [-0.05, 0) is 68.1 Å². The molecule has 0 heterocycles. The van der Waals surface area contributed by atoms with Gasteiger partial charge < -0.3 is 9.47 Å². The molecule has 0 fully saturated rings. The van der Waals surface area contributed by atoms with Crippen molar-refractivity contribution in [1.82, 2.24) is 0 Å². The maximum absolute atomic E-state index is 12.2. The van der Waals surface area contributed by atoms with Crippen LogP contribution in [0.1, 0.15) is 49.8 Å². The molecule has 1 amide bonds. The fourth-order valence-electron chi connectivity index (χ4n) is 3.52. The topological polar surface area (TPSA) is 80.2 Å². The third-order valence-electron chi connectivity index (χ3n) is 5.18. The highest BCUT2D eigenvalue weighted by Gasteiger charge is 2.27. The number of rotatable bonds is 8. The largest absolute Gasteiger partial charge is 0.489 e. The standard InChI is InChI=1S/C28H31NO4/c1-19-8-10-21(11-9-19)23-7-5-6-20(16-23)18-32-24-14-12-22(13-15-24)25(27(29)31)17-26(30)33-28(2,3)4/h5-16,25H,17-18H2,1-4H3,(H2,29,31)/p+1. The maximum Gasteiger partial charge on any atom is 0.316 e. The molecule has 1 unspecified atom stereocenters. The minimum absolute atomic E-state index is 0.0361. The van der Waals surface area contributed by atoms with Gasteiger partial charge >= 0.3 is 11.9 Å². The number of aryl methyl sites for hydroxylation is 1. The van der Waals surface area contributed by atoms with Gasteiger partial charge in [-0.2, -0.15) is 0 Å². The molecule has 3 aromatic rings. The van der Waals surface area contributed by atoms with Crippen LogP contribution in [0, 0.1) is 6.92 Å². The van der Waals surface area contributed by atoms with Gasteiger partial charge in [0, 0.05) is 0 Å². The molecular weight excluding hydrogens is 414 g/mol. The van der Waals surface area contributed by atoms with Crippen molar-refractivity contribution in [3.8, 4) is 16.9 Å². The Morgan fingerprint density at radius 1 is 0.909 bits per heavy atom. The molecule has 0 radical (unpaired) electrons. The van der Waals surface area contributed by atoms with Crippen molar-refractivity contribution in [3.05, 3.63) is 89.5 Å². The van der Waals surface area contributed by atoms with Gasteiger partial charge in [-0.15, -0.1) is 0 Å². The molecule has 1 atom stereocenters. The highest BCUT2D eigenvalue weighted by atomic mass is 16.6. The van der Waals surface area contributed by atoms with E-state index >= 15 is 0 Å². The summed E-state index contributed by atoms with van der Waals surface area (Å²) < 4.78 is 11.3. The molecular formula is C28H32NO4+. The van der Waals surface area contributed by atoms with E-state index in [1.165, 1.54) is 11.1 Å². The molecule has 0 aromatic heterocycles. The summed E-state index contributed by atoms with van der Waals surface area (Å²) in [5.74, 6) is -0.687. The van der Waals surface area contributed by atoms with Crippen molar-refractivity contribution < 1.29 is 24.8 Å². The van der Waals surface area contributed by atoms with Crippen molar-refractivity contribution in [2.45, 2.75) is 52.2 Å². The van der Waals surface area contributed by atoms with E-state index in [1.54, 1.807) is 32.9 Å². The van der Waals surface area contributed by atoms with Gasteiger partial charge in [0.2, 0.25) is 0 Å². The van der Waals surface area contributed by atoms with Crippen molar-refractivity contribution >= 4 is 11.9 Å². The predicted octanol–water partition coefficient (Wildman–Crippen LogP) is 4.82. The summed E-state index contributed by atoms with van der Waals surface area (Å²) in [5, 5.41) is 0. The van der Waals surface area contributed by atoms with E-state index < -0.39 is 17.5 Å². The third kappa shape index (κ3) is 7.29. The van der Waals surface area contributed by atoms with E-state index in [2.05, 4.69) is 49.1 Å². The first-order chi connectivity index (χ1) is 15.6. The second-order valence-corrected chi connectivity index (χ2v) is 9.23. The van der Waals surface area contributed by atoms with Gasteiger partial charge in [-0.25, -0.2) is 4.79 Å².